The van der Waals surface area contributed by atoms with E-state index in [1.165, 1.54) is 0 Å². The first-order valence-electron chi connectivity index (χ1n) is 5.71. The SMILES string of the molecule is [2H]c1cccc(C(=O)Nc2ccc(Cl)cc2)c1C. The Balaban J connectivity index is 2.22. The quantitative estimate of drug-likeness (QED) is 0.856. The van der Waals surface area contributed by atoms with Crippen molar-refractivity contribution >= 4 is 23.2 Å². The second-order valence-electron chi connectivity index (χ2n) is 3.67. The third-order valence-corrected chi connectivity index (χ3v) is 2.66. The number of carbonyl (C=O) groups excluding carboxylic acids is 1. The molecule has 0 aliphatic heterocycles. The molecule has 0 saturated carbocycles. The van der Waals surface area contributed by atoms with Gasteiger partial charge in [-0.25, -0.2) is 0 Å². The minimum atomic E-state index is -0.219. The largest absolute Gasteiger partial charge is 0.322 e. The highest BCUT2D eigenvalue weighted by Gasteiger charge is 2.07. The fourth-order valence-electron chi connectivity index (χ4n) is 1.50. The van der Waals surface area contributed by atoms with Crippen LogP contribution in [0.15, 0.2) is 48.5 Å². The molecule has 0 fully saturated rings. The average Bonchev–Trinajstić information content (AvgIpc) is 2.35. The Bertz CT molecular complexity index is 581. The van der Waals surface area contributed by atoms with Crippen LogP contribution in [0.1, 0.15) is 17.3 Å². The van der Waals surface area contributed by atoms with Gasteiger partial charge in [-0.1, -0.05) is 29.8 Å². The summed E-state index contributed by atoms with van der Waals surface area (Å²) in [6, 6.07) is 12.3. The minimum absolute atomic E-state index is 0.219. The van der Waals surface area contributed by atoms with Gasteiger partial charge in [0.15, 0.2) is 0 Å². The number of hydrogen-bond acceptors (Lipinski definition) is 1. The van der Waals surface area contributed by atoms with Crippen molar-refractivity contribution in [3.8, 4) is 0 Å². The lowest BCUT2D eigenvalue weighted by molar-refractivity contribution is 0.102. The summed E-state index contributed by atoms with van der Waals surface area (Å²) in [6.07, 6.45) is 0. The molecule has 0 unspecified atom stereocenters. The molecular formula is C14H12ClNO. The fraction of sp³-hybridized carbons (Fsp3) is 0.0714. The summed E-state index contributed by atoms with van der Waals surface area (Å²) < 4.78 is 7.66. The lowest BCUT2D eigenvalue weighted by Crippen LogP contribution is -2.13. The van der Waals surface area contributed by atoms with Crippen LogP contribution in [0.5, 0.6) is 0 Å². The summed E-state index contributed by atoms with van der Waals surface area (Å²) in [5.41, 5.74) is 1.86. The first-order valence-corrected chi connectivity index (χ1v) is 5.59. The van der Waals surface area contributed by atoms with E-state index in [0.717, 1.165) is 0 Å². The monoisotopic (exact) mass is 246 g/mol. The Morgan fingerprint density at radius 1 is 1.24 bits per heavy atom. The van der Waals surface area contributed by atoms with Crippen molar-refractivity contribution in [3.63, 3.8) is 0 Å². The van der Waals surface area contributed by atoms with E-state index in [4.69, 9.17) is 13.0 Å². The number of hydrogen-bond donors (Lipinski definition) is 1. The van der Waals surface area contributed by atoms with Crippen molar-refractivity contribution in [2.75, 3.05) is 5.32 Å². The van der Waals surface area contributed by atoms with Gasteiger partial charge in [0.1, 0.15) is 0 Å². The molecule has 86 valence electrons. The first kappa shape index (κ1) is 10.4. The molecule has 1 N–H and O–H groups in total. The maximum atomic E-state index is 12.0. The highest BCUT2D eigenvalue weighted by Crippen LogP contribution is 2.15. The van der Waals surface area contributed by atoms with Gasteiger partial charge in [-0.15, -0.1) is 0 Å². The van der Waals surface area contributed by atoms with Gasteiger partial charge in [0.25, 0.3) is 5.91 Å². The third kappa shape index (κ3) is 2.86. The molecule has 2 aromatic rings. The Hall–Kier alpha value is -1.80. The van der Waals surface area contributed by atoms with Crippen molar-refractivity contribution in [2.45, 2.75) is 6.92 Å². The maximum Gasteiger partial charge on any atom is 0.255 e. The van der Waals surface area contributed by atoms with Gasteiger partial charge >= 0.3 is 0 Å². The smallest absolute Gasteiger partial charge is 0.255 e. The van der Waals surface area contributed by atoms with E-state index in [9.17, 15) is 4.79 Å². The molecule has 0 spiro atoms. The predicted octanol–water partition coefficient (Wildman–Crippen LogP) is 3.90. The molecule has 2 rings (SSSR count). The van der Waals surface area contributed by atoms with Gasteiger partial charge in [-0.2, -0.15) is 0 Å². The standard InChI is InChI=1S/C14H12ClNO/c1-10-4-2-3-5-13(10)14(17)16-12-8-6-11(15)7-9-12/h2-9H,1H3,(H,16,17)/i4D. The zero-order valence-electron chi connectivity index (χ0n) is 10.3. The van der Waals surface area contributed by atoms with Gasteiger partial charge in [0.05, 0.1) is 1.37 Å². The van der Waals surface area contributed by atoms with E-state index in [1.807, 2.05) is 0 Å². The molecule has 0 radical (unpaired) electrons. The number of anilines is 1. The second-order valence-corrected chi connectivity index (χ2v) is 4.11. The Labute approximate surface area is 107 Å². The molecule has 0 aromatic heterocycles. The van der Waals surface area contributed by atoms with Crippen molar-refractivity contribution in [1.29, 1.82) is 0 Å². The Morgan fingerprint density at radius 3 is 2.65 bits per heavy atom. The highest BCUT2D eigenvalue weighted by molar-refractivity contribution is 6.30. The van der Waals surface area contributed by atoms with E-state index < -0.39 is 0 Å². The van der Waals surface area contributed by atoms with Crippen molar-refractivity contribution in [2.24, 2.45) is 0 Å². The number of benzene rings is 2. The zero-order valence-corrected chi connectivity index (χ0v) is 10.1. The lowest BCUT2D eigenvalue weighted by Gasteiger charge is -2.07. The van der Waals surface area contributed by atoms with Gasteiger partial charge in [-0.3, -0.25) is 4.79 Å². The van der Waals surface area contributed by atoms with Crippen LogP contribution >= 0.6 is 11.6 Å². The molecule has 0 aliphatic carbocycles. The van der Waals surface area contributed by atoms with Crippen LogP contribution in [0.25, 0.3) is 0 Å². The molecule has 0 heterocycles. The highest BCUT2D eigenvalue weighted by atomic mass is 35.5. The number of nitrogens with one attached hydrogen (secondary N) is 1. The van der Waals surface area contributed by atoms with Crippen molar-refractivity contribution < 1.29 is 6.17 Å². The molecule has 2 aromatic carbocycles. The molecule has 1 amide bonds. The molecule has 0 saturated heterocycles. The maximum absolute atomic E-state index is 12.0. The molecule has 17 heavy (non-hydrogen) atoms. The van der Waals surface area contributed by atoms with E-state index >= 15 is 0 Å². The van der Waals surface area contributed by atoms with Crippen LogP contribution in [0, 0.1) is 6.92 Å². The zero-order chi connectivity index (χ0) is 13.1. The molecule has 0 aliphatic rings. The number of rotatable bonds is 2. The molecule has 3 heteroatoms. The summed E-state index contributed by atoms with van der Waals surface area (Å²) in [5.74, 6) is -0.219. The first-order chi connectivity index (χ1) is 8.58. The normalized spacial score (nSPS) is 10.8. The molecule has 2 nitrogen and oxygen atoms in total. The van der Waals surface area contributed by atoms with Gasteiger partial charge in [0.2, 0.25) is 0 Å². The summed E-state index contributed by atoms with van der Waals surface area (Å²) in [4.78, 5) is 12.0. The fourth-order valence-corrected chi connectivity index (χ4v) is 1.62. The number of halogens is 1. The summed E-state index contributed by atoms with van der Waals surface area (Å²) in [7, 11) is 0. The van der Waals surface area contributed by atoms with Crippen LogP contribution < -0.4 is 5.32 Å². The molecule has 0 atom stereocenters. The minimum Gasteiger partial charge on any atom is -0.322 e. The Kier molecular flexibility index (Phi) is 3.06. The molecular weight excluding hydrogens is 234 g/mol. The number of carbonyl (C=O) groups is 1. The molecule has 0 bridgehead atoms. The van der Waals surface area contributed by atoms with Crippen LogP contribution in [0.4, 0.5) is 5.69 Å². The van der Waals surface area contributed by atoms with Crippen molar-refractivity contribution in [3.05, 3.63) is 64.7 Å². The van der Waals surface area contributed by atoms with Gasteiger partial charge in [0, 0.05) is 16.3 Å². The van der Waals surface area contributed by atoms with Crippen molar-refractivity contribution in [1.82, 2.24) is 0 Å². The van der Waals surface area contributed by atoms with E-state index in [-0.39, 0.29) is 5.91 Å². The van der Waals surface area contributed by atoms with Gasteiger partial charge in [-0.05, 0) is 42.8 Å². The Morgan fingerprint density at radius 2 is 1.94 bits per heavy atom. The van der Waals surface area contributed by atoms with Crippen LogP contribution in [0.2, 0.25) is 5.02 Å². The topological polar surface area (TPSA) is 29.1 Å². The van der Waals surface area contributed by atoms with E-state index in [1.54, 1.807) is 49.4 Å². The average molecular weight is 247 g/mol. The summed E-state index contributed by atoms with van der Waals surface area (Å²) in [6.45, 7) is 1.76. The van der Waals surface area contributed by atoms with E-state index in [0.29, 0.717) is 27.9 Å². The van der Waals surface area contributed by atoms with Gasteiger partial charge < -0.3 is 5.32 Å². The number of amides is 1. The van der Waals surface area contributed by atoms with Crippen LogP contribution in [0.3, 0.4) is 0 Å². The second kappa shape index (κ2) is 5.02. The third-order valence-electron chi connectivity index (χ3n) is 2.41. The van der Waals surface area contributed by atoms with Crippen LogP contribution in [-0.2, 0) is 0 Å². The summed E-state index contributed by atoms with van der Waals surface area (Å²) in [5, 5.41) is 3.40. The summed E-state index contributed by atoms with van der Waals surface area (Å²) >= 11 is 5.77. The van der Waals surface area contributed by atoms with Crippen LogP contribution in [-0.4, -0.2) is 5.91 Å². The lowest BCUT2D eigenvalue weighted by atomic mass is 10.1. The van der Waals surface area contributed by atoms with E-state index in [2.05, 4.69) is 5.32 Å². The predicted molar refractivity (Wildman–Crippen MR) is 70.6 cm³/mol.